The average molecular weight is 405 g/mol. The van der Waals surface area contributed by atoms with Crippen LogP contribution in [0.3, 0.4) is 0 Å². The summed E-state index contributed by atoms with van der Waals surface area (Å²) in [6, 6.07) is 16.7. The Hall–Kier alpha value is -3.08. The lowest BCUT2D eigenvalue weighted by atomic mass is 9.97. The third-order valence-electron chi connectivity index (χ3n) is 5.66. The summed E-state index contributed by atoms with van der Waals surface area (Å²) >= 11 is 0. The molecule has 0 spiro atoms. The first kappa shape index (κ1) is 20.2. The van der Waals surface area contributed by atoms with E-state index in [1.165, 1.54) is 4.90 Å². The zero-order valence-corrected chi connectivity index (χ0v) is 17.6. The second-order valence-corrected chi connectivity index (χ2v) is 8.07. The molecule has 5 nitrogen and oxygen atoms in total. The van der Waals surface area contributed by atoms with Crippen LogP contribution in [0, 0.1) is 5.92 Å². The largest absolute Gasteiger partial charge is 0.494 e. The summed E-state index contributed by atoms with van der Waals surface area (Å²) in [6.07, 6.45) is 3.10. The van der Waals surface area contributed by atoms with Gasteiger partial charge in [-0.3, -0.25) is 9.59 Å². The highest BCUT2D eigenvalue weighted by atomic mass is 16.5. The van der Waals surface area contributed by atoms with Crippen molar-refractivity contribution in [1.82, 2.24) is 4.90 Å². The number of rotatable bonds is 6. The van der Waals surface area contributed by atoms with E-state index < -0.39 is 0 Å². The van der Waals surface area contributed by atoms with Gasteiger partial charge in [-0.05, 0) is 55.0 Å². The van der Waals surface area contributed by atoms with Crippen molar-refractivity contribution in [3.05, 3.63) is 65.9 Å². The molecule has 2 aromatic rings. The van der Waals surface area contributed by atoms with Gasteiger partial charge < -0.3 is 9.64 Å². The predicted octanol–water partition coefficient (Wildman–Crippen LogP) is 4.49. The van der Waals surface area contributed by atoms with Crippen molar-refractivity contribution in [2.75, 3.05) is 24.6 Å². The fraction of sp³-hybridized carbons (Fsp3) is 0.360. The van der Waals surface area contributed by atoms with Crippen LogP contribution in [0.4, 0.5) is 5.69 Å². The van der Waals surface area contributed by atoms with Crippen LogP contribution in [0.2, 0.25) is 0 Å². The lowest BCUT2D eigenvalue weighted by Gasteiger charge is -2.33. The van der Waals surface area contributed by atoms with Crippen LogP contribution in [0.15, 0.2) is 60.3 Å². The second-order valence-electron chi connectivity index (χ2n) is 8.07. The monoisotopic (exact) mass is 404 g/mol. The maximum absolute atomic E-state index is 13.5. The maximum atomic E-state index is 13.5. The molecule has 1 atom stereocenters. The minimum atomic E-state index is -0.262. The van der Waals surface area contributed by atoms with E-state index in [9.17, 15) is 9.59 Å². The topological polar surface area (TPSA) is 49.9 Å². The van der Waals surface area contributed by atoms with E-state index in [-0.39, 0.29) is 11.8 Å². The van der Waals surface area contributed by atoms with Crippen molar-refractivity contribution in [2.45, 2.75) is 33.1 Å². The molecule has 5 heteroatoms. The highest BCUT2D eigenvalue weighted by Crippen LogP contribution is 2.36. The molecule has 2 aliphatic rings. The van der Waals surface area contributed by atoms with Crippen LogP contribution >= 0.6 is 0 Å². The summed E-state index contributed by atoms with van der Waals surface area (Å²) in [5, 5.41) is 0. The number of para-hydroxylation sites is 1. The number of carbonyl (C=O) groups is 2. The normalized spacial score (nSPS) is 19.6. The van der Waals surface area contributed by atoms with Crippen LogP contribution in [0.25, 0.3) is 5.57 Å². The molecular formula is C25H28N2O3. The predicted molar refractivity (Wildman–Crippen MR) is 118 cm³/mol. The first-order valence-electron chi connectivity index (χ1n) is 10.8. The molecule has 156 valence electrons. The number of nitrogens with zero attached hydrogens (tertiary/aromatic N) is 2. The summed E-state index contributed by atoms with van der Waals surface area (Å²) in [7, 11) is 0. The lowest BCUT2D eigenvalue weighted by molar-refractivity contribution is -0.120. The molecule has 2 aromatic carbocycles. The first-order chi connectivity index (χ1) is 14.6. The molecule has 1 unspecified atom stereocenters. The number of imide groups is 1. The summed E-state index contributed by atoms with van der Waals surface area (Å²) < 4.78 is 5.68. The van der Waals surface area contributed by atoms with Crippen LogP contribution < -0.4 is 9.64 Å². The molecule has 1 fully saturated rings. The number of amides is 2. The molecule has 1 saturated heterocycles. The molecule has 2 aliphatic heterocycles. The van der Waals surface area contributed by atoms with Crippen molar-refractivity contribution in [3.8, 4) is 5.75 Å². The molecule has 0 radical (unpaired) electrons. The van der Waals surface area contributed by atoms with E-state index in [2.05, 4.69) is 18.7 Å². The Kier molecular flexibility index (Phi) is 5.88. The maximum Gasteiger partial charge on any atom is 0.282 e. The number of hydrogen-bond acceptors (Lipinski definition) is 4. The summed E-state index contributed by atoms with van der Waals surface area (Å²) in [5.74, 6) is 0.764. The molecule has 4 rings (SSSR count). The minimum absolute atomic E-state index is 0.235. The molecule has 0 aliphatic carbocycles. The fourth-order valence-corrected chi connectivity index (χ4v) is 4.21. The Labute approximate surface area is 177 Å². The van der Waals surface area contributed by atoms with Gasteiger partial charge >= 0.3 is 0 Å². The van der Waals surface area contributed by atoms with Crippen LogP contribution in [0.5, 0.6) is 5.75 Å². The van der Waals surface area contributed by atoms with Gasteiger partial charge in [-0.2, -0.15) is 0 Å². The number of hydrogen-bond donors (Lipinski definition) is 0. The summed E-state index contributed by atoms with van der Waals surface area (Å²) in [4.78, 5) is 30.4. The highest BCUT2D eigenvalue weighted by Gasteiger charge is 2.43. The van der Waals surface area contributed by atoms with E-state index in [4.69, 9.17) is 4.74 Å². The van der Waals surface area contributed by atoms with Gasteiger partial charge in [0, 0.05) is 13.1 Å². The standard InChI is InChI=1S/C25H28N2O3/c1-3-16-30-21-13-11-19(12-14-21)22-23(26-15-7-8-18(2)17-26)25(29)27(24(22)28)20-9-5-4-6-10-20/h4-6,9-14,18H,3,7-8,15-17H2,1-2H3. The van der Waals surface area contributed by atoms with Crippen molar-refractivity contribution in [1.29, 1.82) is 0 Å². The van der Waals surface area contributed by atoms with Gasteiger partial charge in [0.1, 0.15) is 11.4 Å². The number of ether oxygens (including phenoxy) is 1. The Morgan fingerprint density at radius 2 is 1.73 bits per heavy atom. The molecule has 0 aromatic heterocycles. The van der Waals surface area contributed by atoms with E-state index >= 15 is 0 Å². The van der Waals surface area contributed by atoms with Gasteiger partial charge in [0.05, 0.1) is 17.9 Å². The zero-order valence-electron chi connectivity index (χ0n) is 17.6. The van der Waals surface area contributed by atoms with Gasteiger partial charge in [0.2, 0.25) is 0 Å². The lowest BCUT2D eigenvalue weighted by Crippen LogP contribution is -2.39. The smallest absolute Gasteiger partial charge is 0.282 e. The molecular weight excluding hydrogens is 376 g/mol. The molecule has 30 heavy (non-hydrogen) atoms. The van der Waals surface area contributed by atoms with Crippen molar-refractivity contribution >= 4 is 23.1 Å². The minimum Gasteiger partial charge on any atom is -0.494 e. The molecule has 2 heterocycles. The Morgan fingerprint density at radius 1 is 1.00 bits per heavy atom. The summed E-state index contributed by atoms with van der Waals surface area (Å²) in [6.45, 7) is 6.49. The van der Waals surface area contributed by atoms with Gasteiger partial charge in [0.15, 0.2) is 0 Å². The third kappa shape index (κ3) is 3.84. The SMILES string of the molecule is CCCOc1ccc(C2=C(N3CCCC(C)C3)C(=O)N(c3ccccc3)C2=O)cc1. The molecule has 0 saturated carbocycles. The van der Waals surface area contributed by atoms with Crippen molar-refractivity contribution in [3.63, 3.8) is 0 Å². The third-order valence-corrected chi connectivity index (χ3v) is 5.66. The Bertz CT molecular complexity index is 950. The second kappa shape index (κ2) is 8.74. The fourth-order valence-electron chi connectivity index (χ4n) is 4.21. The van der Waals surface area contributed by atoms with E-state index in [0.717, 1.165) is 43.7 Å². The number of likely N-dealkylation sites (tertiary alicyclic amines) is 1. The molecule has 0 bridgehead atoms. The van der Waals surface area contributed by atoms with Crippen molar-refractivity contribution < 1.29 is 14.3 Å². The van der Waals surface area contributed by atoms with Crippen molar-refractivity contribution in [2.24, 2.45) is 5.92 Å². The van der Waals surface area contributed by atoms with Crippen LogP contribution in [-0.4, -0.2) is 36.4 Å². The van der Waals surface area contributed by atoms with Gasteiger partial charge in [-0.25, -0.2) is 4.90 Å². The Morgan fingerprint density at radius 3 is 2.40 bits per heavy atom. The number of benzene rings is 2. The first-order valence-corrected chi connectivity index (χ1v) is 10.8. The van der Waals surface area contributed by atoms with E-state index in [0.29, 0.717) is 29.5 Å². The quantitative estimate of drug-likeness (QED) is 0.666. The van der Waals surface area contributed by atoms with Crippen LogP contribution in [-0.2, 0) is 9.59 Å². The zero-order chi connectivity index (χ0) is 21.1. The Balaban J connectivity index is 1.75. The van der Waals surface area contributed by atoms with E-state index in [1.54, 1.807) is 12.1 Å². The van der Waals surface area contributed by atoms with Crippen LogP contribution in [0.1, 0.15) is 38.7 Å². The molecule has 2 amide bonds. The van der Waals surface area contributed by atoms with Gasteiger partial charge in [-0.1, -0.05) is 44.2 Å². The number of carbonyl (C=O) groups excluding carboxylic acids is 2. The van der Waals surface area contributed by atoms with E-state index in [1.807, 2.05) is 42.5 Å². The highest BCUT2D eigenvalue weighted by molar-refractivity contribution is 6.45. The number of anilines is 1. The average Bonchev–Trinajstić information content (AvgIpc) is 3.03. The summed E-state index contributed by atoms with van der Waals surface area (Å²) in [5.41, 5.74) is 2.37. The number of piperidine rings is 1. The molecule has 0 N–H and O–H groups in total. The van der Waals surface area contributed by atoms with Gasteiger partial charge in [-0.15, -0.1) is 0 Å². The van der Waals surface area contributed by atoms with Gasteiger partial charge in [0.25, 0.3) is 11.8 Å².